The largest absolute Gasteiger partial charge is 0.462 e. The first-order valence-electron chi connectivity index (χ1n) is 11.7. The van der Waals surface area contributed by atoms with E-state index in [9.17, 15) is 14.4 Å². The van der Waals surface area contributed by atoms with Crippen LogP contribution in [0.15, 0.2) is 10.5 Å². The van der Waals surface area contributed by atoms with Crippen molar-refractivity contribution in [2.45, 2.75) is 51.6 Å². The molecule has 3 aromatic rings. The van der Waals surface area contributed by atoms with Crippen molar-refractivity contribution in [2.24, 2.45) is 7.05 Å². The van der Waals surface area contributed by atoms with Crippen LogP contribution >= 0.6 is 34.4 Å². The molecule has 1 aliphatic carbocycles. The Kier molecular flexibility index (Phi) is 8.47. The number of aryl methyl sites for hydroxylation is 1. The highest BCUT2D eigenvalue weighted by Crippen LogP contribution is 2.37. The number of aromatic nitrogens is 3. The normalized spacial score (nSPS) is 12.8. The molecule has 0 bridgehead atoms. The molecule has 0 unspecified atom stereocenters. The summed E-state index contributed by atoms with van der Waals surface area (Å²) >= 11 is 4.04. The molecule has 12 heteroatoms. The lowest BCUT2D eigenvalue weighted by atomic mass is 9.96. The lowest BCUT2D eigenvalue weighted by molar-refractivity contribution is -0.113. The minimum Gasteiger partial charge on any atom is -0.462 e. The van der Waals surface area contributed by atoms with E-state index in [0.717, 1.165) is 35.6 Å². The van der Waals surface area contributed by atoms with Crippen LogP contribution in [-0.2, 0) is 34.2 Å². The first-order valence-corrected chi connectivity index (χ1v) is 14.4. The van der Waals surface area contributed by atoms with Crippen LogP contribution in [0.4, 0.5) is 5.00 Å². The van der Waals surface area contributed by atoms with Gasteiger partial charge in [0.25, 0.3) is 0 Å². The number of hydrogen-bond donors (Lipinski definition) is 1. The van der Waals surface area contributed by atoms with E-state index in [1.165, 1.54) is 35.0 Å². The van der Waals surface area contributed by atoms with Gasteiger partial charge in [0.05, 0.1) is 24.5 Å². The summed E-state index contributed by atoms with van der Waals surface area (Å²) in [5.74, 6) is -0.610. The van der Waals surface area contributed by atoms with Crippen LogP contribution in [0.25, 0.3) is 11.4 Å². The number of esters is 2. The van der Waals surface area contributed by atoms with Gasteiger partial charge in [-0.3, -0.25) is 4.79 Å². The van der Waals surface area contributed by atoms with Crippen molar-refractivity contribution in [1.29, 1.82) is 0 Å². The number of nitrogens with one attached hydrogen (secondary N) is 1. The molecule has 0 saturated heterocycles. The molecular formula is C24H28N4O5S3. The molecule has 0 aliphatic heterocycles. The Morgan fingerprint density at radius 2 is 1.83 bits per heavy atom. The van der Waals surface area contributed by atoms with Gasteiger partial charge in [-0.15, -0.1) is 32.9 Å². The SMILES string of the molecule is CCOC(=O)c1sc(NC(=O)CSc2nnc(-c3csc4c3CCCC4)n2C)c(C(=O)OCC)c1C. The molecule has 0 atom stereocenters. The van der Waals surface area contributed by atoms with E-state index < -0.39 is 11.9 Å². The van der Waals surface area contributed by atoms with Crippen LogP contribution in [0.1, 0.15) is 62.7 Å². The van der Waals surface area contributed by atoms with Crippen LogP contribution in [0.3, 0.4) is 0 Å². The van der Waals surface area contributed by atoms with Gasteiger partial charge in [-0.05, 0) is 57.6 Å². The van der Waals surface area contributed by atoms with Crippen molar-refractivity contribution in [2.75, 3.05) is 24.3 Å². The smallest absolute Gasteiger partial charge is 0.348 e. The molecule has 3 aromatic heterocycles. The van der Waals surface area contributed by atoms with Crippen LogP contribution in [0.2, 0.25) is 0 Å². The fourth-order valence-electron chi connectivity index (χ4n) is 4.09. The van der Waals surface area contributed by atoms with E-state index in [1.54, 1.807) is 32.1 Å². The van der Waals surface area contributed by atoms with E-state index in [-0.39, 0.29) is 40.3 Å². The summed E-state index contributed by atoms with van der Waals surface area (Å²) in [4.78, 5) is 39.4. The summed E-state index contributed by atoms with van der Waals surface area (Å²) in [5.41, 5.74) is 3.09. The molecule has 0 aromatic carbocycles. The molecule has 1 N–H and O–H groups in total. The van der Waals surface area contributed by atoms with E-state index in [4.69, 9.17) is 9.47 Å². The molecule has 0 fully saturated rings. The number of carbonyl (C=O) groups excluding carboxylic acids is 3. The third-order valence-electron chi connectivity index (χ3n) is 5.81. The molecule has 0 spiro atoms. The number of rotatable bonds is 9. The summed E-state index contributed by atoms with van der Waals surface area (Å²) in [5, 5.41) is 14.5. The standard InChI is InChI=1S/C24H28N4O5S3/c1-5-32-22(30)18-13(3)19(23(31)33-6-2)36-21(18)25-17(29)12-35-24-27-26-20(28(24)4)15-11-34-16-10-8-7-9-14(15)16/h11H,5-10,12H2,1-4H3,(H,25,29). The van der Waals surface area contributed by atoms with Crippen LogP contribution in [0.5, 0.6) is 0 Å². The van der Waals surface area contributed by atoms with Gasteiger partial charge in [-0.25, -0.2) is 9.59 Å². The highest BCUT2D eigenvalue weighted by Gasteiger charge is 2.27. The molecule has 4 rings (SSSR count). The average Bonchev–Trinajstić information content (AvgIpc) is 3.53. The Morgan fingerprint density at radius 3 is 2.58 bits per heavy atom. The fraction of sp³-hybridized carbons (Fsp3) is 0.458. The minimum atomic E-state index is -0.596. The molecule has 1 amide bonds. The van der Waals surface area contributed by atoms with Gasteiger partial charge >= 0.3 is 11.9 Å². The van der Waals surface area contributed by atoms with E-state index in [2.05, 4.69) is 20.9 Å². The maximum absolute atomic E-state index is 12.8. The molecule has 36 heavy (non-hydrogen) atoms. The molecule has 1 aliphatic rings. The van der Waals surface area contributed by atoms with Gasteiger partial charge in [-0.2, -0.15) is 0 Å². The summed E-state index contributed by atoms with van der Waals surface area (Å²) in [6.45, 7) is 5.43. The van der Waals surface area contributed by atoms with Gasteiger partial charge in [0.2, 0.25) is 5.91 Å². The Hall–Kier alpha value is -2.70. The van der Waals surface area contributed by atoms with Gasteiger partial charge in [-0.1, -0.05) is 11.8 Å². The summed E-state index contributed by atoms with van der Waals surface area (Å²) < 4.78 is 12.1. The Balaban J connectivity index is 1.48. The van der Waals surface area contributed by atoms with Crippen molar-refractivity contribution in [3.63, 3.8) is 0 Å². The Morgan fingerprint density at radius 1 is 1.11 bits per heavy atom. The number of anilines is 1. The van der Waals surface area contributed by atoms with Crippen molar-refractivity contribution >= 4 is 57.3 Å². The number of hydrogen-bond acceptors (Lipinski definition) is 10. The third-order valence-corrected chi connectivity index (χ3v) is 9.11. The maximum Gasteiger partial charge on any atom is 0.348 e. The molecule has 0 saturated carbocycles. The van der Waals surface area contributed by atoms with Gasteiger partial charge < -0.3 is 19.4 Å². The van der Waals surface area contributed by atoms with Gasteiger partial charge in [0.1, 0.15) is 9.88 Å². The predicted molar refractivity (Wildman–Crippen MR) is 141 cm³/mol. The van der Waals surface area contributed by atoms with Crippen molar-refractivity contribution in [1.82, 2.24) is 14.8 Å². The van der Waals surface area contributed by atoms with E-state index >= 15 is 0 Å². The number of thiophene rings is 2. The summed E-state index contributed by atoms with van der Waals surface area (Å²) in [6.07, 6.45) is 4.59. The highest BCUT2D eigenvalue weighted by molar-refractivity contribution is 7.99. The van der Waals surface area contributed by atoms with Crippen LogP contribution < -0.4 is 5.32 Å². The molecular weight excluding hydrogens is 520 g/mol. The molecule has 192 valence electrons. The average molecular weight is 549 g/mol. The quantitative estimate of drug-likeness (QED) is 0.298. The van der Waals surface area contributed by atoms with Gasteiger partial charge in [0.15, 0.2) is 11.0 Å². The molecule has 0 radical (unpaired) electrons. The Labute approximate surface area is 221 Å². The second-order valence-electron chi connectivity index (χ2n) is 8.16. The Bertz CT molecular complexity index is 1290. The number of ether oxygens (including phenoxy) is 2. The van der Waals surface area contributed by atoms with E-state index in [1.807, 2.05) is 11.6 Å². The number of fused-ring (bicyclic) bond motifs is 1. The zero-order chi connectivity index (χ0) is 25.8. The first-order chi connectivity index (χ1) is 17.3. The summed E-state index contributed by atoms with van der Waals surface area (Å²) in [7, 11) is 1.90. The second kappa shape index (κ2) is 11.6. The number of carbonyl (C=O) groups is 3. The van der Waals surface area contributed by atoms with E-state index in [0.29, 0.717) is 10.7 Å². The zero-order valence-corrected chi connectivity index (χ0v) is 23.1. The molecule has 3 heterocycles. The minimum absolute atomic E-state index is 0.0572. The lowest BCUT2D eigenvalue weighted by Crippen LogP contribution is -2.16. The maximum atomic E-state index is 12.8. The van der Waals surface area contributed by atoms with Crippen molar-refractivity contribution in [3.05, 3.63) is 31.8 Å². The fourth-order valence-corrected chi connectivity index (χ4v) is 7.03. The van der Waals surface area contributed by atoms with Crippen LogP contribution in [0, 0.1) is 6.92 Å². The summed E-state index contributed by atoms with van der Waals surface area (Å²) in [6, 6.07) is 0. The monoisotopic (exact) mass is 548 g/mol. The topological polar surface area (TPSA) is 112 Å². The zero-order valence-electron chi connectivity index (χ0n) is 20.6. The van der Waals surface area contributed by atoms with Crippen LogP contribution in [-0.4, -0.2) is 51.6 Å². The number of nitrogens with zero attached hydrogens (tertiary/aromatic N) is 3. The third kappa shape index (κ3) is 5.35. The highest BCUT2D eigenvalue weighted by atomic mass is 32.2. The predicted octanol–water partition coefficient (Wildman–Crippen LogP) is 4.88. The molecule has 9 nitrogen and oxygen atoms in total. The number of amides is 1. The second-order valence-corrected chi connectivity index (χ2v) is 11.1. The van der Waals surface area contributed by atoms with Crippen molar-refractivity contribution in [3.8, 4) is 11.4 Å². The number of thioether (sulfide) groups is 1. The van der Waals surface area contributed by atoms with Crippen molar-refractivity contribution < 1.29 is 23.9 Å². The first kappa shape index (κ1) is 26.4. The van der Waals surface area contributed by atoms with Gasteiger partial charge in [0, 0.05) is 22.9 Å². The lowest BCUT2D eigenvalue weighted by Gasteiger charge is -2.12.